The van der Waals surface area contributed by atoms with Crippen molar-refractivity contribution in [2.75, 3.05) is 13.1 Å². The van der Waals surface area contributed by atoms with Crippen molar-refractivity contribution >= 4 is 13.8 Å². The molecule has 0 spiro atoms. The molecule has 1 atom stereocenters. The fraction of sp³-hybridized carbons (Fsp3) is 0.611. The summed E-state index contributed by atoms with van der Waals surface area (Å²) in [4.78, 5) is 13.9. The lowest BCUT2D eigenvalue weighted by atomic mass is 9.75. The maximum absolute atomic E-state index is 13.3. The van der Waals surface area contributed by atoms with Crippen molar-refractivity contribution < 1.29 is 18.7 Å². The van der Waals surface area contributed by atoms with Crippen LogP contribution in [0, 0.1) is 17.6 Å². The van der Waals surface area contributed by atoms with Gasteiger partial charge in [-0.2, -0.15) is 0 Å². The third-order valence-electron chi connectivity index (χ3n) is 5.30. The molecule has 2 rings (SSSR count). The lowest BCUT2D eigenvalue weighted by Crippen LogP contribution is -2.56. The number of rotatable bonds is 8. The van der Waals surface area contributed by atoms with Gasteiger partial charge in [0.05, 0.1) is 0 Å². The topological polar surface area (TPSA) is 66.6 Å². The first-order valence-electron chi connectivity index (χ1n) is 9.05. The number of unbranched alkanes of at least 4 members (excludes halogenated alkanes) is 1. The number of benzene rings is 1. The monoisotopic (exact) mass is 352 g/mol. The zero-order valence-electron chi connectivity index (χ0n) is 14.8. The quantitative estimate of drug-likeness (QED) is 0.556. The van der Waals surface area contributed by atoms with Gasteiger partial charge in [0.15, 0.2) is 11.6 Å². The molecule has 1 saturated heterocycles. The van der Waals surface area contributed by atoms with Crippen molar-refractivity contribution in [1.29, 1.82) is 0 Å². The van der Waals surface area contributed by atoms with E-state index in [4.69, 9.17) is 5.73 Å². The van der Waals surface area contributed by atoms with Gasteiger partial charge in [-0.1, -0.05) is 25.2 Å². The van der Waals surface area contributed by atoms with Crippen molar-refractivity contribution in [3.63, 3.8) is 0 Å². The van der Waals surface area contributed by atoms with E-state index in [2.05, 4.69) is 12.7 Å². The molecule has 1 aromatic rings. The number of nitrogens with zero attached hydrogens (tertiary/aromatic N) is 1. The van der Waals surface area contributed by atoms with Gasteiger partial charge in [-0.15, -0.1) is 0 Å². The summed E-state index contributed by atoms with van der Waals surface area (Å²) < 4.78 is 26.3. The van der Waals surface area contributed by atoms with E-state index < -0.39 is 23.1 Å². The minimum atomic E-state index is -1.16. The Hall–Kier alpha value is -1.47. The largest absolute Gasteiger partial charge is 0.480 e. The van der Waals surface area contributed by atoms with Crippen molar-refractivity contribution in [1.82, 2.24) is 4.90 Å². The van der Waals surface area contributed by atoms with E-state index in [1.807, 2.05) is 0 Å². The average molecular weight is 352 g/mol. The van der Waals surface area contributed by atoms with Crippen molar-refractivity contribution in [3.8, 4) is 0 Å². The number of likely N-dealkylation sites (tertiary alicyclic amines) is 1. The maximum Gasteiger partial charge on any atom is 0.323 e. The lowest BCUT2D eigenvalue weighted by molar-refractivity contribution is -0.147. The molecule has 0 radical (unpaired) electrons. The van der Waals surface area contributed by atoms with Gasteiger partial charge in [-0.25, -0.2) is 8.78 Å². The Labute approximate surface area is 148 Å². The van der Waals surface area contributed by atoms with Crippen LogP contribution < -0.4 is 5.73 Å². The molecule has 25 heavy (non-hydrogen) atoms. The molecule has 1 fully saturated rings. The highest BCUT2D eigenvalue weighted by Crippen LogP contribution is 2.31. The smallest absolute Gasteiger partial charge is 0.323 e. The Kier molecular flexibility index (Phi) is 6.96. The molecule has 0 saturated carbocycles. The van der Waals surface area contributed by atoms with Crippen LogP contribution in [0.15, 0.2) is 18.2 Å². The molecule has 0 bridgehead atoms. The lowest BCUT2D eigenvalue weighted by Gasteiger charge is -2.40. The molecule has 7 heteroatoms. The Morgan fingerprint density at radius 3 is 2.52 bits per heavy atom. The molecular formula is C18H27BF2N2O2. The summed E-state index contributed by atoms with van der Waals surface area (Å²) in [5.74, 6) is -2.65. The minimum Gasteiger partial charge on any atom is -0.480 e. The van der Waals surface area contributed by atoms with E-state index in [0.29, 0.717) is 38.9 Å². The minimum absolute atomic E-state index is 0.0527. The first-order chi connectivity index (χ1) is 11.9. The zero-order valence-corrected chi connectivity index (χ0v) is 14.8. The molecule has 3 N–H and O–H groups in total. The van der Waals surface area contributed by atoms with Crippen LogP contribution in [0.4, 0.5) is 8.78 Å². The van der Waals surface area contributed by atoms with E-state index >= 15 is 0 Å². The van der Waals surface area contributed by atoms with Crippen LogP contribution in [0.1, 0.15) is 37.7 Å². The van der Waals surface area contributed by atoms with Crippen LogP contribution in [0.5, 0.6) is 0 Å². The predicted molar refractivity (Wildman–Crippen MR) is 96.1 cm³/mol. The average Bonchev–Trinajstić information content (AvgIpc) is 2.59. The van der Waals surface area contributed by atoms with Crippen molar-refractivity contribution in [3.05, 3.63) is 35.4 Å². The van der Waals surface area contributed by atoms with E-state index in [0.717, 1.165) is 30.8 Å². The predicted octanol–water partition coefficient (Wildman–Crippen LogP) is 2.18. The van der Waals surface area contributed by atoms with E-state index in [1.165, 1.54) is 6.07 Å². The van der Waals surface area contributed by atoms with Gasteiger partial charge in [0.1, 0.15) is 13.4 Å². The normalized spacial score (nSPS) is 18.8. The number of hydrogen-bond donors (Lipinski definition) is 2. The molecule has 1 aromatic carbocycles. The Morgan fingerprint density at radius 1 is 1.28 bits per heavy atom. The molecule has 1 aliphatic heterocycles. The third kappa shape index (κ3) is 5.01. The molecular weight excluding hydrogens is 325 g/mol. The van der Waals surface area contributed by atoms with Crippen LogP contribution in [0.25, 0.3) is 0 Å². The second kappa shape index (κ2) is 8.76. The van der Waals surface area contributed by atoms with Gasteiger partial charge in [0.25, 0.3) is 0 Å². The van der Waals surface area contributed by atoms with Gasteiger partial charge >= 0.3 is 5.97 Å². The van der Waals surface area contributed by atoms with Crippen LogP contribution in [0.3, 0.4) is 0 Å². The van der Waals surface area contributed by atoms with Crippen molar-refractivity contribution in [2.24, 2.45) is 11.7 Å². The summed E-state index contributed by atoms with van der Waals surface area (Å²) in [5, 5.41) is 9.63. The first kappa shape index (κ1) is 19.9. The highest BCUT2D eigenvalue weighted by atomic mass is 19.2. The van der Waals surface area contributed by atoms with Gasteiger partial charge in [-0.3, -0.25) is 9.69 Å². The van der Waals surface area contributed by atoms with E-state index in [1.54, 1.807) is 6.07 Å². The van der Waals surface area contributed by atoms with Gasteiger partial charge in [0.2, 0.25) is 0 Å². The second-order valence-electron chi connectivity index (χ2n) is 7.10. The molecule has 1 unspecified atom stereocenters. The summed E-state index contributed by atoms with van der Waals surface area (Å²) in [6.45, 7) is 1.96. The first-order valence-corrected chi connectivity index (χ1v) is 9.05. The van der Waals surface area contributed by atoms with Gasteiger partial charge in [-0.05, 0) is 56.0 Å². The molecule has 1 aliphatic rings. The summed E-state index contributed by atoms with van der Waals surface area (Å²) in [5.41, 5.74) is 5.84. The van der Waals surface area contributed by atoms with Gasteiger partial charge in [0, 0.05) is 6.54 Å². The number of hydrogen-bond acceptors (Lipinski definition) is 3. The van der Waals surface area contributed by atoms with Crippen molar-refractivity contribution in [2.45, 2.75) is 50.5 Å². The van der Waals surface area contributed by atoms with Crippen LogP contribution >= 0.6 is 0 Å². The fourth-order valence-electron chi connectivity index (χ4n) is 3.66. The summed E-state index contributed by atoms with van der Waals surface area (Å²) >= 11 is 0. The molecule has 1 heterocycles. The number of carbonyl (C=O) groups is 1. The number of aliphatic carboxylic acids is 1. The van der Waals surface area contributed by atoms with Crippen LogP contribution in [-0.2, 0) is 11.3 Å². The summed E-state index contributed by atoms with van der Waals surface area (Å²) in [6.07, 6.45) is 4.76. The molecule has 138 valence electrons. The third-order valence-corrected chi connectivity index (χ3v) is 5.30. The number of halogens is 2. The number of piperidine rings is 1. The molecule has 0 amide bonds. The summed E-state index contributed by atoms with van der Waals surface area (Å²) in [7, 11) is 2.08. The number of carboxylic acids is 1. The maximum atomic E-state index is 13.3. The van der Waals surface area contributed by atoms with Crippen LogP contribution in [0.2, 0.25) is 6.32 Å². The Bertz CT molecular complexity index is 594. The fourth-order valence-corrected chi connectivity index (χ4v) is 3.66. The summed E-state index contributed by atoms with van der Waals surface area (Å²) in [6, 6.07) is 3.94. The van der Waals surface area contributed by atoms with E-state index in [9.17, 15) is 18.7 Å². The van der Waals surface area contributed by atoms with Crippen LogP contribution in [-0.4, -0.2) is 42.5 Å². The zero-order chi connectivity index (χ0) is 18.4. The standard InChI is InChI=1S/C18H27BF2N2O2/c19-8-2-1-7-18(22,17(24)25)14-5-9-23(10-6-14)12-13-3-4-15(20)16(21)11-13/h3-4,11,14H,1-2,5-10,12,19,22H2,(H,24,25). The molecule has 0 aromatic heterocycles. The highest BCUT2D eigenvalue weighted by Gasteiger charge is 2.42. The number of carboxylic acid groups (broad SMARTS) is 1. The second-order valence-corrected chi connectivity index (χ2v) is 7.10. The SMILES string of the molecule is BCCCCC(N)(C(=O)O)C1CCN(Cc2ccc(F)c(F)c2)CC1. The molecule has 0 aliphatic carbocycles. The van der Waals surface area contributed by atoms with E-state index in [-0.39, 0.29) is 5.92 Å². The highest BCUT2D eigenvalue weighted by molar-refractivity contribution is 6.08. The number of nitrogens with two attached hydrogens (primary N) is 1. The Morgan fingerprint density at radius 2 is 1.96 bits per heavy atom. The Balaban J connectivity index is 1.92. The molecule has 4 nitrogen and oxygen atoms in total. The van der Waals surface area contributed by atoms with Gasteiger partial charge < -0.3 is 10.8 Å².